The molecular weight excluding hydrogens is 413 g/mol. The maximum Gasteiger partial charge on any atom is 0.253 e. The van der Waals surface area contributed by atoms with Gasteiger partial charge in [0.25, 0.3) is 5.91 Å². The van der Waals surface area contributed by atoms with Crippen LogP contribution in [0.15, 0.2) is 48.5 Å². The van der Waals surface area contributed by atoms with E-state index in [1.807, 2.05) is 50.2 Å². The molecule has 8 heteroatoms. The molecule has 0 unspecified atom stereocenters. The number of amides is 1. The molecule has 0 saturated heterocycles. The molecule has 2 rings (SSSR count). The first-order valence-electron chi connectivity index (χ1n) is 7.75. The van der Waals surface area contributed by atoms with Crippen molar-refractivity contribution in [2.75, 3.05) is 5.32 Å². The zero-order chi connectivity index (χ0) is 19.3. The summed E-state index contributed by atoms with van der Waals surface area (Å²) in [7, 11) is 0. The van der Waals surface area contributed by atoms with Gasteiger partial charge in [0.1, 0.15) is 6.17 Å². The topological polar surface area (TPSA) is 53.2 Å². The van der Waals surface area contributed by atoms with Gasteiger partial charge in [0.15, 0.2) is 5.11 Å². The summed E-state index contributed by atoms with van der Waals surface area (Å²) in [4.78, 5) is 12.5. The van der Waals surface area contributed by atoms with Crippen LogP contribution in [0.1, 0.15) is 21.5 Å². The summed E-state index contributed by atoms with van der Waals surface area (Å²) in [6.07, 6.45) is -1.02. The second-order valence-corrected chi connectivity index (χ2v) is 8.45. The first-order valence-corrected chi connectivity index (χ1v) is 9.29. The number of aryl methyl sites for hydroxylation is 2. The van der Waals surface area contributed by atoms with Crippen molar-refractivity contribution in [3.63, 3.8) is 0 Å². The van der Waals surface area contributed by atoms with E-state index in [4.69, 9.17) is 47.0 Å². The van der Waals surface area contributed by atoms with Crippen molar-refractivity contribution in [2.24, 2.45) is 0 Å². The lowest BCUT2D eigenvalue weighted by molar-refractivity contribution is 0.0934. The molecule has 0 aliphatic rings. The first kappa shape index (κ1) is 20.8. The Morgan fingerprint density at radius 2 is 1.54 bits per heavy atom. The molecule has 0 aliphatic carbocycles. The number of alkyl halides is 3. The predicted molar refractivity (Wildman–Crippen MR) is 113 cm³/mol. The van der Waals surface area contributed by atoms with Crippen LogP contribution < -0.4 is 16.0 Å². The highest BCUT2D eigenvalue weighted by Gasteiger charge is 2.35. The first-order chi connectivity index (χ1) is 12.2. The quantitative estimate of drug-likeness (QED) is 0.373. The summed E-state index contributed by atoms with van der Waals surface area (Å²) in [5.74, 6) is -0.370. The van der Waals surface area contributed by atoms with Crippen LogP contribution in [0, 0.1) is 13.8 Å². The molecule has 0 aliphatic heterocycles. The van der Waals surface area contributed by atoms with Gasteiger partial charge in [-0.1, -0.05) is 71.2 Å². The minimum atomic E-state index is -1.81. The lowest BCUT2D eigenvalue weighted by atomic mass is 10.1. The molecule has 0 bridgehead atoms. The number of thiocarbonyl (C=S) groups is 1. The Morgan fingerprint density at radius 1 is 0.962 bits per heavy atom. The molecule has 0 saturated carbocycles. The highest BCUT2D eigenvalue weighted by atomic mass is 35.6. The monoisotopic (exact) mass is 429 g/mol. The second kappa shape index (κ2) is 8.91. The van der Waals surface area contributed by atoms with E-state index in [2.05, 4.69) is 16.0 Å². The van der Waals surface area contributed by atoms with Gasteiger partial charge in [0.2, 0.25) is 3.79 Å². The number of hydrogen-bond acceptors (Lipinski definition) is 2. The number of para-hydroxylation sites is 1. The highest BCUT2D eigenvalue weighted by molar-refractivity contribution is 7.80. The Hall–Kier alpha value is -1.53. The number of benzene rings is 2. The molecule has 0 radical (unpaired) electrons. The molecule has 0 heterocycles. The number of carbonyl (C=O) groups is 1. The number of rotatable bonds is 4. The van der Waals surface area contributed by atoms with E-state index in [1.54, 1.807) is 12.1 Å². The molecular formula is C18H18Cl3N3OS. The van der Waals surface area contributed by atoms with Crippen LogP contribution in [-0.2, 0) is 0 Å². The number of hydrogen-bond donors (Lipinski definition) is 3. The van der Waals surface area contributed by atoms with E-state index in [9.17, 15) is 4.79 Å². The van der Waals surface area contributed by atoms with Gasteiger partial charge in [-0.25, -0.2) is 0 Å². The summed E-state index contributed by atoms with van der Waals surface area (Å²) in [6, 6.07) is 14.8. The fourth-order valence-corrected chi connectivity index (χ4v) is 2.79. The van der Waals surface area contributed by atoms with Crippen LogP contribution in [0.5, 0.6) is 0 Å². The molecule has 3 N–H and O–H groups in total. The van der Waals surface area contributed by atoms with Crippen molar-refractivity contribution < 1.29 is 4.79 Å². The fraction of sp³-hybridized carbons (Fsp3) is 0.222. The molecule has 4 nitrogen and oxygen atoms in total. The minimum Gasteiger partial charge on any atom is -0.339 e. The summed E-state index contributed by atoms with van der Waals surface area (Å²) in [6.45, 7) is 3.77. The Bertz CT molecular complexity index is 808. The molecule has 0 aromatic heterocycles. The van der Waals surface area contributed by atoms with E-state index in [0.29, 0.717) is 5.56 Å². The number of carbonyl (C=O) groups excluding carboxylic acids is 1. The van der Waals surface area contributed by atoms with E-state index >= 15 is 0 Å². The normalized spacial score (nSPS) is 12.2. The highest BCUT2D eigenvalue weighted by Crippen LogP contribution is 2.29. The summed E-state index contributed by atoms with van der Waals surface area (Å²) < 4.78 is -1.81. The SMILES string of the molecule is Cc1ccccc1NC(=S)N[C@@H](NC(=O)c1ccccc1C)C(Cl)(Cl)Cl. The van der Waals surface area contributed by atoms with Crippen molar-refractivity contribution in [3.05, 3.63) is 65.2 Å². The molecule has 26 heavy (non-hydrogen) atoms. The Kier molecular flexibility index (Phi) is 7.12. The van der Waals surface area contributed by atoms with E-state index in [1.165, 1.54) is 0 Å². The van der Waals surface area contributed by atoms with Crippen LogP contribution in [0.4, 0.5) is 5.69 Å². The van der Waals surface area contributed by atoms with Gasteiger partial charge < -0.3 is 16.0 Å². The van der Waals surface area contributed by atoms with E-state index in [0.717, 1.165) is 16.8 Å². The van der Waals surface area contributed by atoms with Crippen LogP contribution in [0.2, 0.25) is 0 Å². The van der Waals surface area contributed by atoms with Crippen LogP contribution in [0.3, 0.4) is 0 Å². The van der Waals surface area contributed by atoms with Crippen molar-refractivity contribution in [3.8, 4) is 0 Å². The van der Waals surface area contributed by atoms with Crippen LogP contribution >= 0.6 is 47.0 Å². The van der Waals surface area contributed by atoms with Crippen LogP contribution in [0.25, 0.3) is 0 Å². The standard InChI is InChI=1S/C18H18Cl3N3OS/c1-11-7-3-5-9-13(11)15(25)23-16(18(19,20)21)24-17(26)22-14-10-6-4-8-12(14)2/h3-10,16H,1-2H3,(H,23,25)(H2,22,24,26)/t16-/m1/s1. The van der Waals surface area contributed by atoms with Gasteiger partial charge in [0.05, 0.1) is 0 Å². The van der Waals surface area contributed by atoms with Crippen molar-refractivity contribution in [2.45, 2.75) is 23.8 Å². The van der Waals surface area contributed by atoms with Crippen molar-refractivity contribution in [1.82, 2.24) is 10.6 Å². The minimum absolute atomic E-state index is 0.223. The lowest BCUT2D eigenvalue weighted by Gasteiger charge is -2.28. The summed E-state index contributed by atoms with van der Waals surface area (Å²) in [5, 5.41) is 8.77. The average Bonchev–Trinajstić information content (AvgIpc) is 2.56. The van der Waals surface area contributed by atoms with E-state index in [-0.39, 0.29) is 11.0 Å². The van der Waals surface area contributed by atoms with Gasteiger partial charge >= 0.3 is 0 Å². The molecule has 1 atom stereocenters. The van der Waals surface area contributed by atoms with Gasteiger partial charge in [0, 0.05) is 11.3 Å². The second-order valence-electron chi connectivity index (χ2n) is 5.68. The predicted octanol–water partition coefficient (Wildman–Crippen LogP) is 4.72. The summed E-state index contributed by atoms with van der Waals surface area (Å²) >= 11 is 23.3. The van der Waals surface area contributed by atoms with E-state index < -0.39 is 9.96 Å². The molecule has 0 fully saturated rings. The Balaban J connectivity index is 2.10. The third-order valence-electron chi connectivity index (χ3n) is 3.66. The lowest BCUT2D eigenvalue weighted by Crippen LogP contribution is -2.56. The summed E-state index contributed by atoms with van der Waals surface area (Å²) in [5.41, 5.74) is 3.13. The third kappa shape index (κ3) is 5.74. The Morgan fingerprint density at radius 3 is 2.12 bits per heavy atom. The molecule has 138 valence electrons. The average molecular weight is 431 g/mol. The van der Waals surface area contributed by atoms with Gasteiger partial charge in [-0.2, -0.15) is 0 Å². The van der Waals surface area contributed by atoms with Crippen LogP contribution in [-0.4, -0.2) is 21.0 Å². The maximum absolute atomic E-state index is 12.5. The third-order valence-corrected chi connectivity index (χ3v) is 4.54. The molecule has 0 spiro atoms. The molecule has 2 aromatic rings. The zero-order valence-electron chi connectivity index (χ0n) is 14.1. The fourth-order valence-electron chi connectivity index (χ4n) is 2.24. The molecule has 2 aromatic carbocycles. The number of halogens is 3. The number of anilines is 1. The smallest absolute Gasteiger partial charge is 0.253 e. The Labute approximate surface area is 173 Å². The zero-order valence-corrected chi connectivity index (χ0v) is 17.2. The van der Waals surface area contributed by atoms with Gasteiger partial charge in [-0.3, -0.25) is 4.79 Å². The van der Waals surface area contributed by atoms with Gasteiger partial charge in [-0.15, -0.1) is 0 Å². The largest absolute Gasteiger partial charge is 0.339 e. The van der Waals surface area contributed by atoms with Crippen molar-refractivity contribution in [1.29, 1.82) is 0 Å². The number of nitrogens with one attached hydrogen (secondary N) is 3. The van der Waals surface area contributed by atoms with Gasteiger partial charge in [-0.05, 0) is 49.3 Å². The molecule has 1 amide bonds. The van der Waals surface area contributed by atoms with Crippen molar-refractivity contribution >= 4 is 63.7 Å². The maximum atomic E-state index is 12.5.